The zero-order valence-electron chi connectivity index (χ0n) is 29.5. The number of piperazine rings is 1. The van der Waals surface area contributed by atoms with Crippen LogP contribution in [0.4, 0.5) is 41.6 Å². The number of hydroxylamine groups is 2. The van der Waals surface area contributed by atoms with Gasteiger partial charge in [0.2, 0.25) is 5.91 Å². The van der Waals surface area contributed by atoms with E-state index in [0.717, 1.165) is 43.5 Å². The molecule has 290 valence electrons. The predicted octanol–water partition coefficient (Wildman–Crippen LogP) is 5.07. The van der Waals surface area contributed by atoms with Gasteiger partial charge in [0.05, 0.1) is 11.1 Å². The molecule has 17 heteroatoms. The molecular weight excluding hydrogens is 708 g/mol. The molecule has 0 saturated carbocycles. The molecular formula is C36H45F6N7O4. The number of carbonyl (C=O) groups excluding carboxylic acids is 3. The number of nitrogens with one attached hydrogen (secondary N) is 2. The second-order valence-corrected chi connectivity index (χ2v) is 14.2. The van der Waals surface area contributed by atoms with E-state index >= 15 is 0 Å². The van der Waals surface area contributed by atoms with Crippen LogP contribution in [0.5, 0.6) is 0 Å². The van der Waals surface area contributed by atoms with E-state index in [4.69, 9.17) is 4.84 Å². The number of carbonyl (C=O) groups is 3. The Balaban J connectivity index is 1.10. The highest BCUT2D eigenvalue weighted by Gasteiger charge is 2.43. The summed E-state index contributed by atoms with van der Waals surface area (Å²) in [5.74, 6) is -0.556. The van der Waals surface area contributed by atoms with Gasteiger partial charge in [0.1, 0.15) is 6.04 Å². The van der Waals surface area contributed by atoms with Crippen LogP contribution in [-0.2, 0) is 34.8 Å². The third kappa shape index (κ3) is 9.54. The number of urea groups is 1. The fraction of sp³-hybridized carbons (Fsp3) is 0.583. The smallest absolute Gasteiger partial charge is 0.351 e. The molecule has 1 atom stereocenters. The number of rotatable bonds is 7. The van der Waals surface area contributed by atoms with E-state index in [0.29, 0.717) is 63.9 Å². The summed E-state index contributed by atoms with van der Waals surface area (Å²) in [5.41, 5.74) is -2.09. The number of alkyl halides is 6. The molecule has 3 saturated heterocycles. The topological polar surface area (TPSA) is 101 Å². The molecule has 4 aliphatic heterocycles. The van der Waals surface area contributed by atoms with Crippen molar-refractivity contribution in [3.05, 3.63) is 64.7 Å². The van der Waals surface area contributed by atoms with Crippen LogP contribution in [-0.4, -0.2) is 127 Å². The lowest BCUT2D eigenvalue weighted by Crippen LogP contribution is -2.56. The van der Waals surface area contributed by atoms with E-state index in [9.17, 15) is 40.7 Å². The molecule has 4 aliphatic rings. The number of likely N-dealkylation sites (tertiary alicyclic amines) is 1. The standard InChI is InChI=1S/C36H45F6N7O4/c1-45-18-20-46(21-19-45)26-9-13-47(14-10-26)32(50)31(23-24-6-7-28(35(37,38)39)29(22-24)36(40,41)42)44-34(52)53-48-15-11-27(12-16-48)49-17-8-25-4-2-3-5-30(25)43-33(49)51/h2-7,22,26-27,31H,8-21,23H2,1H3,(H,43,51)(H,44,52)/t31-/m1/s1. The van der Waals surface area contributed by atoms with Crippen LogP contribution in [0, 0.1) is 0 Å². The van der Waals surface area contributed by atoms with Gasteiger partial charge in [0, 0.05) is 83.1 Å². The molecule has 11 nitrogen and oxygen atoms in total. The number of hydrogen-bond acceptors (Lipinski definition) is 7. The molecule has 2 aromatic carbocycles. The normalized spacial score (nSPS) is 21.1. The van der Waals surface area contributed by atoms with Crippen molar-refractivity contribution in [2.24, 2.45) is 0 Å². The van der Waals surface area contributed by atoms with Gasteiger partial charge in [-0.05, 0) is 68.5 Å². The lowest BCUT2D eigenvalue weighted by Gasteiger charge is -2.42. The van der Waals surface area contributed by atoms with Crippen LogP contribution in [0.15, 0.2) is 42.5 Å². The predicted molar refractivity (Wildman–Crippen MR) is 183 cm³/mol. The molecule has 53 heavy (non-hydrogen) atoms. The van der Waals surface area contributed by atoms with Crippen molar-refractivity contribution in [2.45, 2.75) is 69.0 Å². The summed E-state index contributed by atoms with van der Waals surface area (Å²) in [6.07, 6.45) is -9.04. The van der Waals surface area contributed by atoms with Crippen LogP contribution in [0.25, 0.3) is 0 Å². The van der Waals surface area contributed by atoms with Gasteiger partial charge in [0.15, 0.2) is 0 Å². The first-order valence-corrected chi connectivity index (χ1v) is 18.0. The monoisotopic (exact) mass is 753 g/mol. The summed E-state index contributed by atoms with van der Waals surface area (Å²) in [7, 11) is 2.06. The molecule has 0 spiro atoms. The molecule has 0 bridgehead atoms. The number of likely N-dealkylation sites (N-methyl/N-ethyl adjacent to an activating group) is 1. The fourth-order valence-electron chi connectivity index (χ4n) is 7.76. The van der Waals surface area contributed by atoms with Crippen molar-refractivity contribution >= 4 is 23.7 Å². The fourth-order valence-corrected chi connectivity index (χ4v) is 7.76. The second-order valence-electron chi connectivity index (χ2n) is 14.2. The van der Waals surface area contributed by atoms with Gasteiger partial charge in [-0.25, -0.2) is 9.59 Å². The molecule has 2 aromatic rings. The van der Waals surface area contributed by atoms with Crippen LogP contribution in [0.1, 0.15) is 47.9 Å². The largest absolute Gasteiger partial charge is 0.426 e. The van der Waals surface area contributed by atoms with Gasteiger partial charge in [-0.15, -0.1) is 5.06 Å². The first-order valence-electron chi connectivity index (χ1n) is 18.0. The van der Waals surface area contributed by atoms with E-state index in [1.807, 2.05) is 24.3 Å². The molecule has 3 fully saturated rings. The van der Waals surface area contributed by atoms with Crippen LogP contribution < -0.4 is 10.6 Å². The van der Waals surface area contributed by atoms with Crippen LogP contribution >= 0.6 is 0 Å². The highest BCUT2D eigenvalue weighted by Crippen LogP contribution is 2.41. The van der Waals surface area contributed by atoms with E-state index in [-0.39, 0.29) is 36.8 Å². The molecule has 6 rings (SSSR count). The summed E-state index contributed by atoms with van der Waals surface area (Å²) < 4.78 is 81.8. The van der Waals surface area contributed by atoms with E-state index in [1.54, 1.807) is 9.80 Å². The number of halogens is 6. The lowest BCUT2D eigenvalue weighted by molar-refractivity contribution is -0.162. The van der Waals surface area contributed by atoms with Gasteiger partial charge in [-0.2, -0.15) is 26.3 Å². The lowest BCUT2D eigenvalue weighted by atomic mass is 9.97. The molecule has 0 aliphatic carbocycles. The molecule has 4 amide bonds. The average Bonchev–Trinajstić information content (AvgIpc) is 3.29. The molecule has 2 N–H and O–H groups in total. The SMILES string of the molecule is CN1CCN(C2CCN(C(=O)[C@@H](Cc3ccc(C(F)(F)F)c(C(F)(F)F)c3)NC(=O)ON3CCC(N4CCc5ccccc5NC4=O)CC3)CC2)CC1. The van der Waals surface area contributed by atoms with Gasteiger partial charge in [-0.1, -0.05) is 24.3 Å². The van der Waals surface area contributed by atoms with Gasteiger partial charge in [0.25, 0.3) is 0 Å². The number of nitrogens with zero attached hydrogens (tertiary/aromatic N) is 5. The van der Waals surface area contributed by atoms with Crippen molar-refractivity contribution in [1.82, 2.24) is 30.0 Å². The van der Waals surface area contributed by atoms with Crippen molar-refractivity contribution in [3.8, 4) is 0 Å². The quantitative estimate of drug-likeness (QED) is 0.382. The summed E-state index contributed by atoms with van der Waals surface area (Å²) in [6, 6.07) is 7.76. The van der Waals surface area contributed by atoms with Gasteiger partial charge >= 0.3 is 24.5 Å². The van der Waals surface area contributed by atoms with E-state index < -0.39 is 47.9 Å². The first-order chi connectivity index (χ1) is 25.2. The zero-order valence-corrected chi connectivity index (χ0v) is 29.5. The summed E-state index contributed by atoms with van der Waals surface area (Å²) >= 11 is 0. The first kappa shape index (κ1) is 38.6. The molecule has 0 radical (unpaired) electrons. The number of fused-ring (bicyclic) bond motifs is 1. The highest BCUT2D eigenvalue weighted by molar-refractivity contribution is 5.91. The minimum absolute atomic E-state index is 0.113. The summed E-state index contributed by atoms with van der Waals surface area (Å²) in [4.78, 5) is 53.6. The zero-order chi connectivity index (χ0) is 37.9. The molecule has 0 unspecified atom stereocenters. The summed E-state index contributed by atoms with van der Waals surface area (Å²) in [6.45, 7) is 5.45. The van der Waals surface area contributed by atoms with E-state index in [1.165, 1.54) is 5.06 Å². The Morgan fingerprint density at radius 3 is 2.13 bits per heavy atom. The van der Waals surface area contributed by atoms with E-state index in [2.05, 4.69) is 27.5 Å². The second kappa shape index (κ2) is 16.1. The Hall–Kier alpha value is -4.09. The Morgan fingerprint density at radius 2 is 1.47 bits per heavy atom. The van der Waals surface area contributed by atoms with Crippen LogP contribution in [0.2, 0.25) is 0 Å². The maximum absolute atomic E-state index is 13.9. The third-order valence-corrected chi connectivity index (χ3v) is 10.8. The van der Waals surface area contributed by atoms with Gasteiger partial charge in [-0.3, -0.25) is 9.69 Å². The minimum Gasteiger partial charge on any atom is -0.351 e. The van der Waals surface area contributed by atoms with Crippen molar-refractivity contribution in [3.63, 3.8) is 0 Å². The number of hydrogen-bond donors (Lipinski definition) is 2. The van der Waals surface area contributed by atoms with Crippen molar-refractivity contribution < 1.29 is 45.6 Å². The summed E-state index contributed by atoms with van der Waals surface area (Å²) in [5, 5.41) is 6.86. The minimum atomic E-state index is -5.30. The third-order valence-electron chi connectivity index (χ3n) is 10.8. The maximum Gasteiger partial charge on any atom is 0.426 e. The Kier molecular flexibility index (Phi) is 11.7. The average molecular weight is 754 g/mol. The molecule has 0 aromatic heterocycles. The number of benzene rings is 2. The Morgan fingerprint density at radius 1 is 0.830 bits per heavy atom. The highest BCUT2D eigenvalue weighted by atomic mass is 19.4. The van der Waals surface area contributed by atoms with Crippen LogP contribution in [0.3, 0.4) is 0 Å². The number of anilines is 1. The Bertz CT molecular complexity index is 1620. The van der Waals surface area contributed by atoms with Crippen molar-refractivity contribution in [1.29, 1.82) is 0 Å². The van der Waals surface area contributed by atoms with Gasteiger partial charge < -0.3 is 30.2 Å². The number of amides is 4. The number of piperidine rings is 2. The maximum atomic E-state index is 13.9. The molecule has 4 heterocycles. The van der Waals surface area contributed by atoms with Crippen molar-refractivity contribution in [2.75, 3.05) is 71.3 Å². The number of para-hydroxylation sites is 1. The Labute approximate surface area is 304 Å².